The molecule has 1 fully saturated rings. The highest BCUT2D eigenvalue weighted by atomic mass is 79.9. The molecule has 1 unspecified atom stereocenters. The highest BCUT2D eigenvalue weighted by Crippen LogP contribution is 2.31. The molecule has 0 spiro atoms. The number of hydrogen-bond acceptors (Lipinski definition) is 5. The normalized spacial score (nSPS) is 18.5. The van der Waals surface area contributed by atoms with Crippen molar-refractivity contribution >= 4 is 27.6 Å². The van der Waals surface area contributed by atoms with Crippen molar-refractivity contribution in [3.8, 4) is 11.5 Å². The molecule has 6 nitrogen and oxygen atoms in total. The topological polar surface area (TPSA) is 65.1 Å². The van der Waals surface area contributed by atoms with Crippen LogP contribution in [0.5, 0.6) is 11.5 Å². The molecule has 1 amide bonds. The molecule has 2 aromatic carbocycles. The number of carbonyl (C=O) groups is 2. The second-order valence-electron chi connectivity index (χ2n) is 7.11. The Morgan fingerprint density at radius 3 is 2.97 bits per heavy atom. The van der Waals surface area contributed by atoms with E-state index in [9.17, 15) is 9.59 Å². The average molecular weight is 460 g/mol. The molecule has 7 heteroatoms. The first kappa shape index (κ1) is 19.9. The molecular formula is C22H22BrNO5. The van der Waals surface area contributed by atoms with Gasteiger partial charge in [-0.2, -0.15) is 0 Å². The number of methoxy groups -OCH3 is 1. The van der Waals surface area contributed by atoms with Crippen LogP contribution < -0.4 is 9.47 Å². The van der Waals surface area contributed by atoms with Gasteiger partial charge in [0.05, 0.1) is 25.8 Å². The lowest BCUT2D eigenvalue weighted by Crippen LogP contribution is -2.47. The summed E-state index contributed by atoms with van der Waals surface area (Å²) in [5, 5.41) is 0. The minimum Gasteiger partial charge on any atom is -0.497 e. The number of hydrogen-bond donors (Lipinski definition) is 0. The highest BCUT2D eigenvalue weighted by Gasteiger charge is 2.28. The third-order valence-corrected chi connectivity index (χ3v) is 5.98. The van der Waals surface area contributed by atoms with Gasteiger partial charge in [-0.3, -0.25) is 9.59 Å². The Balaban J connectivity index is 1.42. The maximum Gasteiger partial charge on any atom is 0.255 e. The number of morpholine rings is 1. The molecule has 152 valence electrons. The van der Waals surface area contributed by atoms with E-state index in [1.807, 2.05) is 24.3 Å². The monoisotopic (exact) mass is 459 g/mol. The van der Waals surface area contributed by atoms with E-state index < -0.39 is 0 Å². The number of Topliss-reactive ketones (excluding diaryl/α,β-unsaturated/α-hetero) is 1. The SMILES string of the molecule is COc1ccc(Br)c(C(=O)N2CCOC(COc3cccc4c3CCC4=O)C2)c1. The number of fused-ring (bicyclic) bond motifs is 1. The first-order chi connectivity index (χ1) is 14.1. The van der Waals surface area contributed by atoms with Gasteiger partial charge in [0.15, 0.2) is 5.78 Å². The van der Waals surface area contributed by atoms with Crippen LogP contribution in [0.2, 0.25) is 0 Å². The number of amides is 1. The van der Waals surface area contributed by atoms with Crippen molar-refractivity contribution in [3.05, 3.63) is 57.6 Å². The molecule has 0 radical (unpaired) electrons. The summed E-state index contributed by atoms with van der Waals surface area (Å²) in [6.07, 6.45) is 1.02. The minimum atomic E-state index is -0.231. The molecule has 0 aromatic heterocycles. The van der Waals surface area contributed by atoms with E-state index in [-0.39, 0.29) is 17.8 Å². The van der Waals surface area contributed by atoms with Crippen molar-refractivity contribution in [1.29, 1.82) is 0 Å². The third kappa shape index (κ3) is 4.16. The molecule has 29 heavy (non-hydrogen) atoms. The Kier molecular flexibility index (Phi) is 5.87. The smallest absolute Gasteiger partial charge is 0.255 e. The molecule has 1 saturated heterocycles. The number of carbonyl (C=O) groups excluding carboxylic acids is 2. The number of ether oxygens (including phenoxy) is 3. The van der Waals surface area contributed by atoms with Gasteiger partial charge in [-0.1, -0.05) is 12.1 Å². The fourth-order valence-corrected chi connectivity index (χ4v) is 4.16. The number of rotatable bonds is 5. The summed E-state index contributed by atoms with van der Waals surface area (Å²) in [5.74, 6) is 1.46. The summed E-state index contributed by atoms with van der Waals surface area (Å²) < 4.78 is 17.8. The van der Waals surface area contributed by atoms with Crippen LogP contribution in [-0.2, 0) is 11.2 Å². The maximum absolute atomic E-state index is 13.0. The van der Waals surface area contributed by atoms with Crippen LogP contribution in [0.25, 0.3) is 0 Å². The second-order valence-corrected chi connectivity index (χ2v) is 7.96. The van der Waals surface area contributed by atoms with Crippen LogP contribution in [0, 0.1) is 0 Å². The third-order valence-electron chi connectivity index (χ3n) is 5.29. The van der Waals surface area contributed by atoms with Gasteiger partial charge in [0.25, 0.3) is 5.91 Å². The molecule has 1 aliphatic carbocycles. The largest absolute Gasteiger partial charge is 0.497 e. The average Bonchev–Trinajstić information content (AvgIpc) is 3.14. The zero-order valence-corrected chi connectivity index (χ0v) is 17.7. The Bertz CT molecular complexity index is 945. The number of benzene rings is 2. The summed E-state index contributed by atoms with van der Waals surface area (Å²) in [4.78, 5) is 26.7. The second kappa shape index (κ2) is 8.55. The van der Waals surface area contributed by atoms with E-state index in [0.29, 0.717) is 50.5 Å². The fraction of sp³-hybridized carbons (Fsp3) is 0.364. The number of ketones is 1. The van der Waals surface area contributed by atoms with E-state index in [1.165, 1.54) is 0 Å². The van der Waals surface area contributed by atoms with E-state index in [0.717, 1.165) is 21.3 Å². The van der Waals surface area contributed by atoms with E-state index in [2.05, 4.69) is 15.9 Å². The van der Waals surface area contributed by atoms with Crippen LogP contribution in [-0.4, -0.2) is 56.1 Å². The zero-order valence-electron chi connectivity index (χ0n) is 16.2. The van der Waals surface area contributed by atoms with Gasteiger partial charge < -0.3 is 19.1 Å². The van der Waals surface area contributed by atoms with Crippen LogP contribution in [0.1, 0.15) is 32.7 Å². The fourth-order valence-electron chi connectivity index (χ4n) is 3.75. The molecule has 4 rings (SSSR count). The van der Waals surface area contributed by atoms with Crippen molar-refractivity contribution in [2.75, 3.05) is 33.4 Å². The van der Waals surface area contributed by atoms with Crippen molar-refractivity contribution in [2.24, 2.45) is 0 Å². The van der Waals surface area contributed by atoms with Crippen LogP contribution >= 0.6 is 15.9 Å². The number of nitrogens with zero attached hydrogens (tertiary/aromatic N) is 1. The molecule has 1 heterocycles. The molecule has 1 aliphatic heterocycles. The van der Waals surface area contributed by atoms with Gasteiger partial charge in [-0.15, -0.1) is 0 Å². The highest BCUT2D eigenvalue weighted by molar-refractivity contribution is 9.10. The van der Waals surface area contributed by atoms with Crippen LogP contribution in [0.4, 0.5) is 0 Å². The van der Waals surface area contributed by atoms with Crippen molar-refractivity contribution < 1.29 is 23.8 Å². The Hall–Kier alpha value is -2.38. The van der Waals surface area contributed by atoms with Gasteiger partial charge >= 0.3 is 0 Å². The summed E-state index contributed by atoms with van der Waals surface area (Å²) in [6, 6.07) is 10.9. The number of halogens is 1. The predicted octanol–water partition coefficient (Wildman–Crippen LogP) is 3.51. The van der Waals surface area contributed by atoms with E-state index in [1.54, 1.807) is 24.1 Å². The van der Waals surface area contributed by atoms with Gasteiger partial charge in [0.1, 0.15) is 24.2 Å². The quantitative estimate of drug-likeness (QED) is 0.684. The summed E-state index contributed by atoms with van der Waals surface area (Å²) in [7, 11) is 1.58. The zero-order chi connectivity index (χ0) is 20.4. The lowest BCUT2D eigenvalue weighted by atomic mass is 10.1. The van der Waals surface area contributed by atoms with E-state index >= 15 is 0 Å². The van der Waals surface area contributed by atoms with Crippen molar-refractivity contribution in [1.82, 2.24) is 4.90 Å². The van der Waals surface area contributed by atoms with Crippen LogP contribution in [0.3, 0.4) is 0 Å². The summed E-state index contributed by atoms with van der Waals surface area (Å²) >= 11 is 3.45. The lowest BCUT2D eigenvalue weighted by Gasteiger charge is -2.33. The Morgan fingerprint density at radius 2 is 2.14 bits per heavy atom. The molecule has 0 saturated carbocycles. The molecule has 2 aromatic rings. The van der Waals surface area contributed by atoms with E-state index in [4.69, 9.17) is 14.2 Å². The van der Waals surface area contributed by atoms with Gasteiger partial charge in [-0.05, 0) is 46.6 Å². The van der Waals surface area contributed by atoms with Gasteiger partial charge in [0, 0.05) is 28.6 Å². The predicted molar refractivity (Wildman–Crippen MR) is 111 cm³/mol. The molecule has 2 aliphatic rings. The molecular weight excluding hydrogens is 438 g/mol. The maximum atomic E-state index is 13.0. The van der Waals surface area contributed by atoms with Crippen LogP contribution in [0.15, 0.2) is 40.9 Å². The Morgan fingerprint density at radius 1 is 1.28 bits per heavy atom. The van der Waals surface area contributed by atoms with Crippen molar-refractivity contribution in [3.63, 3.8) is 0 Å². The molecule has 1 atom stereocenters. The Labute approximate surface area is 177 Å². The first-order valence-corrected chi connectivity index (χ1v) is 10.4. The minimum absolute atomic E-state index is 0.0738. The van der Waals surface area contributed by atoms with Gasteiger partial charge in [0.2, 0.25) is 0 Å². The lowest BCUT2D eigenvalue weighted by molar-refractivity contribution is -0.0402. The summed E-state index contributed by atoms with van der Waals surface area (Å²) in [5.41, 5.74) is 2.29. The first-order valence-electron chi connectivity index (χ1n) is 9.59. The van der Waals surface area contributed by atoms with Gasteiger partial charge in [-0.25, -0.2) is 0 Å². The molecule has 0 bridgehead atoms. The van der Waals surface area contributed by atoms with Crippen molar-refractivity contribution in [2.45, 2.75) is 18.9 Å². The molecule has 0 N–H and O–H groups in total. The summed E-state index contributed by atoms with van der Waals surface area (Å²) in [6.45, 7) is 1.74. The standard InChI is InChI=1S/C22H22BrNO5/c1-27-14-5-7-19(23)18(11-14)22(26)24-9-10-28-15(12-24)13-29-21-4-2-3-16-17(21)6-8-20(16)25/h2-5,7,11,15H,6,8-10,12-13H2,1H3.